The molecule has 0 unspecified atom stereocenters. The number of nitrogens with one attached hydrogen (secondary N) is 1. The van der Waals surface area contributed by atoms with Crippen molar-refractivity contribution in [2.45, 2.75) is 13.5 Å². The molecule has 0 radical (unpaired) electrons. The number of aromatic nitrogens is 2. The number of hydrogen-bond donors (Lipinski definition) is 1. The Bertz CT molecular complexity index is 1380. The van der Waals surface area contributed by atoms with E-state index < -0.39 is 0 Å². The van der Waals surface area contributed by atoms with E-state index in [4.69, 9.17) is 33.2 Å². The highest BCUT2D eigenvalue weighted by Crippen LogP contribution is 2.33. The van der Waals surface area contributed by atoms with Crippen molar-refractivity contribution in [1.29, 1.82) is 0 Å². The standard InChI is InChI=1S/C26H25Cl2N5OS/c1-16-15-35-25-22(16)24(29-14-19-7-8-20(27)13-21(19)28)30-23(31-25)17-3-5-18(6-4-17)26(34)33-11-9-32(2)10-12-33/h3-8,13,15H,9-12,14H2,1-2H3,(H,29,30,31). The number of likely N-dealkylation sites (N-methyl/N-ethyl adjacent to an activating group) is 1. The minimum Gasteiger partial charge on any atom is -0.365 e. The van der Waals surface area contributed by atoms with Gasteiger partial charge in [-0.2, -0.15) is 0 Å². The van der Waals surface area contributed by atoms with Crippen molar-refractivity contribution < 1.29 is 4.79 Å². The number of amides is 1. The number of anilines is 1. The maximum absolute atomic E-state index is 12.9. The number of fused-ring (bicyclic) bond motifs is 1. The molecule has 2 aromatic carbocycles. The van der Waals surface area contributed by atoms with Gasteiger partial charge in [0.05, 0.1) is 5.39 Å². The lowest BCUT2D eigenvalue weighted by atomic mass is 10.1. The molecular weight excluding hydrogens is 501 g/mol. The fourth-order valence-electron chi connectivity index (χ4n) is 4.14. The quantitative estimate of drug-likeness (QED) is 0.347. The summed E-state index contributed by atoms with van der Waals surface area (Å²) in [6.45, 7) is 5.86. The molecule has 1 amide bonds. The third-order valence-corrected chi connectivity index (χ3v) is 7.84. The van der Waals surface area contributed by atoms with Crippen LogP contribution in [0.1, 0.15) is 21.5 Å². The molecule has 1 aliphatic rings. The first kappa shape index (κ1) is 24.0. The fourth-order valence-corrected chi connectivity index (χ4v) is 5.54. The highest BCUT2D eigenvalue weighted by Gasteiger charge is 2.21. The number of halogens is 2. The lowest BCUT2D eigenvalue weighted by Gasteiger charge is -2.32. The summed E-state index contributed by atoms with van der Waals surface area (Å²) in [7, 11) is 2.08. The summed E-state index contributed by atoms with van der Waals surface area (Å²) in [5, 5.41) is 7.75. The van der Waals surface area contributed by atoms with Gasteiger partial charge in [-0.1, -0.05) is 41.4 Å². The highest BCUT2D eigenvalue weighted by atomic mass is 35.5. The van der Waals surface area contributed by atoms with E-state index in [1.165, 1.54) is 0 Å². The van der Waals surface area contributed by atoms with Crippen LogP contribution in [0.3, 0.4) is 0 Å². The molecule has 1 saturated heterocycles. The third-order valence-electron chi connectivity index (χ3n) is 6.26. The zero-order chi connectivity index (χ0) is 24.5. The average molecular weight is 526 g/mol. The molecule has 9 heteroatoms. The van der Waals surface area contributed by atoms with Gasteiger partial charge in [-0.25, -0.2) is 9.97 Å². The minimum atomic E-state index is 0.0668. The number of thiophene rings is 1. The van der Waals surface area contributed by atoms with E-state index in [0.29, 0.717) is 28.0 Å². The van der Waals surface area contributed by atoms with E-state index in [-0.39, 0.29) is 5.91 Å². The van der Waals surface area contributed by atoms with Gasteiger partial charge in [0, 0.05) is 53.9 Å². The zero-order valence-electron chi connectivity index (χ0n) is 19.5. The topological polar surface area (TPSA) is 61.4 Å². The Labute approximate surface area is 218 Å². The second kappa shape index (κ2) is 10.1. The maximum Gasteiger partial charge on any atom is 0.253 e. The van der Waals surface area contributed by atoms with Crippen LogP contribution in [-0.4, -0.2) is 58.9 Å². The van der Waals surface area contributed by atoms with Crippen LogP contribution < -0.4 is 5.32 Å². The summed E-state index contributed by atoms with van der Waals surface area (Å²) in [4.78, 5) is 27.6. The van der Waals surface area contributed by atoms with Gasteiger partial charge in [0.15, 0.2) is 5.82 Å². The molecule has 2 aromatic heterocycles. The van der Waals surface area contributed by atoms with Crippen molar-refractivity contribution in [3.05, 3.63) is 74.6 Å². The first-order chi connectivity index (χ1) is 16.9. The lowest BCUT2D eigenvalue weighted by Crippen LogP contribution is -2.47. The van der Waals surface area contributed by atoms with Gasteiger partial charge < -0.3 is 15.1 Å². The third kappa shape index (κ3) is 5.14. The number of carbonyl (C=O) groups is 1. The van der Waals surface area contributed by atoms with Gasteiger partial charge in [0.2, 0.25) is 0 Å². The first-order valence-corrected chi connectivity index (χ1v) is 13.0. The number of hydrogen-bond acceptors (Lipinski definition) is 6. The number of carbonyl (C=O) groups excluding carboxylic acids is 1. The Kier molecular flexibility index (Phi) is 6.93. The molecule has 4 aromatic rings. The Balaban J connectivity index is 1.41. The molecule has 180 valence electrons. The predicted octanol–water partition coefficient (Wildman–Crippen LogP) is 5.97. The number of piperazine rings is 1. The molecule has 0 saturated carbocycles. The summed E-state index contributed by atoms with van der Waals surface area (Å²) in [6, 6.07) is 13.0. The molecule has 0 aliphatic carbocycles. The van der Waals surface area contributed by atoms with E-state index in [0.717, 1.165) is 58.9 Å². The Morgan fingerprint density at radius 2 is 1.80 bits per heavy atom. The number of benzene rings is 2. The molecule has 1 aliphatic heterocycles. The summed E-state index contributed by atoms with van der Waals surface area (Å²) in [5.41, 5.74) is 3.60. The van der Waals surface area contributed by atoms with Crippen LogP contribution in [0.25, 0.3) is 21.6 Å². The number of nitrogens with zero attached hydrogens (tertiary/aromatic N) is 4. The second-order valence-electron chi connectivity index (χ2n) is 8.76. The molecule has 0 atom stereocenters. The molecule has 3 heterocycles. The Morgan fingerprint density at radius 3 is 2.51 bits per heavy atom. The van der Waals surface area contributed by atoms with E-state index in [1.807, 2.05) is 41.3 Å². The molecule has 6 nitrogen and oxygen atoms in total. The van der Waals surface area contributed by atoms with Crippen molar-refractivity contribution in [3.63, 3.8) is 0 Å². The lowest BCUT2D eigenvalue weighted by molar-refractivity contribution is 0.0664. The van der Waals surface area contributed by atoms with Crippen molar-refractivity contribution in [3.8, 4) is 11.4 Å². The smallest absolute Gasteiger partial charge is 0.253 e. The van der Waals surface area contributed by atoms with Crippen LogP contribution in [0.15, 0.2) is 47.8 Å². The summed E-state index contributed by atoms with van der Waals surface area (Å²) in [6.07, 6.45) is 0. The van der Waals surface area contributed by atoms with Crippen LogP contribution in [-0.2, 0) is 6.54 Å². The van der Waals surface area contributed by atoms with Crippen LogP contribution >= 0.6 is 34.5 Å². The number of aryl methyl sites for hydroxylation is 1. The SMILES string of the molecule is Cc1csc2nc(-c3ccc(C(=O)N4CCN(C)CC4)cc3)nc(NCc3ccc(Cl)cc3Cl)c12. The van der Waals surface area contributed by atoms with E-state index in [9.17, 15) is 4.79 Å². The second-order valence-corrected chi connectivity index (χ2v) is 10.5. The molecule has 35 heavy (non-hydrogen) atoms. The first-order valence-electron chi connectivity index (χ1n) is 11.4. The summed E-state index contributed by atoms with van der Waals surface area (Å²) in [5.74, 6) is 1.44. The van der Waals surface area contributed by atoms with Gasteiger partial charge in [0.1, 0.15) is 10.6 Å². The monoisotopic (exact) mass is 525 g/mol. The molecule has 5 rings (SSSR count). The summed E-state index contributed by atoms with van der Waals surface area (Å²) < 4.78 is 0. The summed E-state index contributed by atoms with van der Waals surface area (Å²) >= 11 is 14.0. The van der Waals surface area contributed by atoms with Crippen LogP contribution in [0.5, 0.6) is 0 Å². The van der Waals surface area contributed by atoms with Gasteiger partial charge in [-0.3, -0.25) is 4.79 Å². The number of rotatable bonds is 5. The minimum absolute atomic E-state index is 0.0668. The van der Waals surface area contributed by atoms with Gasteiger partial charge >= 0.3 is 0 Å². The van der Waals surface area contributed by atoms with Gasteiger partial charge in [0.25, 0.3) is 5.91 Å². The van der Waals surface area contributed by atoms with Gasteiger partial charge in [-0.05, 0) is 54.7 Å². The van der Waals surface area contributed by atoms with Crippen molar-refractivity contribution in [2.24, 2.45) is 0 Å². The highest BCUT2D eigenvalue weighted by molar-refractivity contribution is 7.17. The van der Waals surface area contributed by atoms with Crippen molar-refractivity contribution in [1.82, 2.24) is 19.8 Å². The molecule has 1 N–H and O–H groups in total. The van der Waals surface area contributed by atoms with E-state index in [1.54, 1.807) is 17.4 Å². The van der Waals surface area contributed by atoms with E-state index in [2.05, 4.69) is 29.6 Å². The maximum atomic E-state index is 12.9. The molecule has 0 bridgehead atoms. The fraction of sp³-hybridized carbons (Fsp3) is 0.269. The van der Waals surface area contributed by atoms with Crippen LogP contribution in [0, 0.1) is 6.92 Å². The van der Waals surface area contributed by atoms with Crippen LogP contribution in [0.2, 0.25) is 10.0 Å². The molecule has 1 fully saturated rings. The van der Waals surface area contributed by atoms with Gasteiger partial charge in [-0.15, -0.1) is 11.3 Å². The molecular formula is C26H25Cl2N5OS. The largest absolute Gasteiger partial charge is 0.365 e. The van der Waals surface area contributed by atoms with E-state index >= 15 is 0 Å². The van der Waals surface area contributed by atoms with Crippen LogP contribution in [0.4, 0.5) is 5.82 Å². The Hall–Kier alpha value is -2.71. The van der Waals surface area contributed by atoms with Crippen molar-refractivity contribution >= 4 is 56.5 Å². The zero-order valence-corrected chi connectivity index (χ0v) is 21.8. The average Bonchev–Trinajstić information content (AvgIpc) is 3.24. The predicted molar refractivity (Wildman–Crippen MR) is 145 cm³/mol. The molecule has 0 spiro atoms. The Morgan fingerprint density at radius 1 is 1.06 bits per heavy atom. The van der Waals surface area contributed by atoms with Crippen molar-refractivity contribution in [2.75, 3.05) is 38.5 Å². The normalized spacial score (nSPS) is 14.5.